The standard InChI is InChI=1S/C15H14F2N2O4/c16-10-2-1-8(5-11(10)17)12-6-9(3-4-19(12)15(21)22)13-7-14(20)18-23-13/h1-2,5,7,9,12H,3-4,6H2,(H,18,20)(H,21,22). The summed E-state index contributed by atoms with van der Waals surface area (Å²) >= 11 is 0. The highest BCUT2D eigenvalue weighted by molar-refractivity contribution is 5.66. The predicted molar refractivity (Wildman–Crippen MR) is 75.1 cm³/mol. The van der Waals surface area contributed by atoms with Crippen molar-refractivity contribution in [3.63, 3.8) is 0 Å². The zero-order chi connectivity index (χ0) is 16.6. The second-order valence-corrected chi connectivity index (χ2v) is 5.50. The zero-order valence-electron chi connectivity index (χ0n) is 12.0. The molecule has 2 N–H and O–H groups in total. The molecule has 1 fully saturated rings. The summed E-state index contributed by atoms with van der Waals surface area (Å²) in [5.41, 5.74) is -0.000997. The summed E-state index contributed by atoms with van der Waals surface area (Å²) in [7, 11) is 0. The van der Waals surface area contributed by atoms with Crippen molar-refractivity contribution >= 4 is 6.09 Å². The van der Waals surface area contributed by atoms with Crippen LogP contribution in [0.1, 0.15) is 36.1 Å². The third-order valence-electron chi connectivity index (χ3n) is 4.12. The third kappa shape index (κ3) is 2.96. The van der Waals surface area contributed by atoms with Gasteiger partial charge in [-0.1, -0.05) is 6.07 Å². The van der Waals surface area contributed by atoms with Crippen LogP contribution in [0.4, 0.5) is 13.6 Å². The minimum Gasteiger partial charge on any atom is -0.465 e. The average molecular weight is 324 g/mol. The number of aromatic amines is 1. The molecule has 1 saturated heterocycles. The Labute approximate surface area is 129 Å². The van der Waals surface area contributed by atoms with Gasteiger partial charge in [0.05, 0.1) is 6.04 Å². The molecule has 3 rings (SSSR count). The van der Waals surface area contributed by atoms with E-state index in [4.69, 9.17) is 4.52 Å². The number of rotatable bonds is 2. The van der Waals surface area contributed by atoms with Gasteiger partial charge in [0, 0.05) is 18.5 Å². The number of hydrogen-bond donors (Lipinski definition) is 2. The van der Waals surface area contributed by atoms with Crippen molar-refractivity contribution < 1.29 is 23.2 Å². The van der Waals surface area contributed by atoms with Crippen molar-refractivity contribution in [1.29, 1.82) is 0 Å². The van der Waals surface area contributed by atoms with Crippen molar-refractivity contribution in [2.45, 2.75) is 24.8 Å². The van der Waals surface area contributed by atoms with Gasteiger partial charge in [-0.05, 0) is 30.5 Å². The third-order valence-corrected chi connectivity index (χ3v) is 4.12. The summed E-state index contributed by atoms with van der Waals surface area (Å²) in [6, 6.07) is 4.04. The molecular weight excluding hydrogens is 310 g/mol. The smallest absolute Gasteiger partial charge is 0.407 e. The van der Waals surface area contributed by atoms with E-state index in [0.717, 1.165) is 12.1 Å². The first kappa shape index (κ1) is 15.3. The molecule has 2 unspecified atom stereocenters. The lowest BCUT2D eigenvalue weighted by Gasteiger charge is -2.37. The SMILES string of the molecule is O=C(O)N1CCC(c2cc(=O)[nH]o2)CC1c1ccc(F)c(F)c1. The fraction of sp³-hybridized carbons (Fsp3) is 0.333. The molecule has 0 radical (unpaired) electrons. The van der Waals surface area contributed by atoms with E-state index in [1.54, 1.807) is 0 Å². The van der Waals surface area contributed by atoms with Gasteiger partial charge in [0.2, 0.25) is 0 Å². The molecule has 1 aromatic carbocycles. The quantitative estimate of drug-likeness (QED) is 0.889. The highest BCUT2D eigenvalue weighted by Gasteiger charge is 2.35. The van der Waals surface area contributed by atoms with E-state index >= 15 is 0 Å². The van der Waals surface area contributed by atoms with Gasteiger partial charge >= 0.3 is 6.09 Å². The molecule has 1 aliphatic rings. The minimum absolute atomic E-state index is 0.178. The van der Waals surface area contributed by atoms with Crippen LogP contribution in [-0.2, 0) is 0 Å². The largest absolute Gasteiger partial charge is 0.465 e. The van der Waals surface area contributed by atoms with Gasteiger partial charge in [-0.3, -0.25) is 4.79 Å². The Bertz CT molecular complexity index is 786. The number of likely N-dealkylation sites (tertiary alicyclic amines) is 1. The number of carbonyl (C=O) groups is 1. The van der Waals surface area contributed by atoms with Crippen molar-refractivity contribution in [2.75, 3.05) is 6.54 Å². The molecule has 1 aliphatic heterocycles. The Kier molecular flexibility index (Phi) is 3.89. The summed E-state index contributed by atoms with van der Waals surface area (Å²) < 4.78 is 31.7. The lowest BCUT2D eigenvalue weighted by Crippen LogP contribution is -2.39. The maximum absolute atomic E-state index is 13.5. The Hall–Kier alpha value is -2.64. The molecule has 23 heavy (non-hydrogen) atoms. The summed E-state index contributed by atoms with van der Waals surface area (Å²) in [5, 5.41) is 11.5. The number of hydrogen-bond acceptors (Lipinski definition) is 3. The topological polar surface area (TPSA) is 86.5 Å². The van der Waals surface area contributed by atoms with E-state index in [0.29, 0.717) is 24.2 Å². The van der Waals surface area contributed by atoms with Crippen molar-refractivity contribution in [1.82, 2.24) is 10.1 Å². The fourth-order valence-electron chi connectivity index (χ4n) is 2.99. The Morgan fingerprint density at radius 1 is 1.30 bits per heavy atom. The maximum atomic E-state index is 13.5. The molecule has 2 heterocycles. The molecule has 0 aliphatic carbocycles. The van der Waals surface area contributed by atoms with E-state index in [-0.39, 0.29) is 18.0 Å². The first-order valence-electron chi connectivity index (χ1n) is 7.08. The normalized spacial score (nSPS) is 21.4. The summed E-state index contributed by atoms with van der Waals surface area (Å²) in [4.78, 5) is 23.8. The van der Waals surface area contributed by atoms with Crippen LogP contribution in [-0.4, -0.2) is 27.8 Å². The van der Waals surface area contributed by atoms with Crippen LogP contribution >= 0.6 is 0 Å². The van der Waals surface area contributed by atoms with Gasteiger partial charge in [0.25, 0.3) is 5.56 Å². The van der Waals surface area contributed by atoms with Gasteiger partial charge in [0.15, 0.2) is 11.6 Å². The maximum Gasteiger partial charge on any atom is 0.407 e. The molecule has 1 amide bonds. The first-order valence-corrected chi connectivity index (χ1v) is 7.08. The summed E-state index contributed by atoms with van der Waals surface area (Å²) in [6.45, 7) is 0.207. The van der Waals surface area contributed by atoms with Crippen LogP contribution in [0.5, 0.6) is 0 Å². The van der Waals surface area contributed by atoms with Crippen LogP contribution in [0, 0.1) is 11.6 Å². The fourth-order valence-corrected chi connectivity index (χ4v) is 2.99. The number of piperidine rings is 1. The van der Waals surface area contributed by atoms with E-state index < -0.39 is 23.8 Å². The van der Waals surface area contributed by atoms with Crippen LogP contribution < -0.4 is 5.56 Å². The number of halogens is 2. The van der Waals surface area contributed by atoms with Crippen LogP contribution in [0.15, 0.2) is 33.6 Å². The monoisotopic (exact) mass is 324 g/mol. The molecule has 1 aromatic heterocycles. The molecule has 0 spiro atoms. The van der Waals surface area contributed by atoms with Crippen LogP contribution in [0.2, 0.25) is 0 Å². The van der Waals surface area contributed by atoms with Gasteiger partial charge in [-0.15, -0.1) is 0 Å². The van der Waals surface area contributed by atoms with Crippen molar-refractivity contribution in [3.05, 3.63) is 57.6 Å². The molecule has 122 valence electrons. The second kappa shape index (κ2) is 5.86. The highest BCUT2D eigenvalue weighted by Crippen LogP contribution is 2.39. The highest BCUT2D eigenvalue weighted by atomic mass is 19.2. The average Bonchev–Trinajstić information content (AvgIpc) is 2.96. The number of benzene rings is 1. The molecule has 6 nitrogen and oxygen atoms in total. The summed E-state index contributed by atoms with van der Waals surface area (Å²) in [5.74, 6) is -1.75. The lowest BCUT2D eigenvalue weighted by molar-refractivity contribution is 0.0966. The Morgan fingerprint density at radius 2 is 2.09 bits per heavy atom. The van der Waals surface area contributed by atoms with Gasteiger partial charge in [-0.2, -0.15) is 5.16 Å². The number of H-pyrrole nitrogens is 1. The molecular formula is C15H14F2N2O4. The Balaban J connectivity index is 1.92. The number of aromatic nitrogens is 1. The molecule has 2 atom stereocenters. The van der Waals surface area contributed by atoms with Gasteiger partial charge < -0.3 is 14.5 Å². The minimum atomic E-state index is -1.13. The number of carboxylic acid groups (broad SMARTS) is 1. The molecule has 0 bridgehead atoms. The van der Waals surface area contributed by atoms with E-state index in [2.05, 4.69) is 5.16 Å². The molecule has 2 aromatic rings. The molecule has 8 heteroatoms. The van der Waals surface area contributed by atoms with Crippen molar-refractivity contribution in [3.8, 4) is 0 Å². The van der Waals surface area contributed by atoms with E-state index in [9.17, 15) is 23.5 Å². The zero-order valence-corrected chi connectivity index (χ0v) is 12.0. The number of nitrogens with zero attached hydrogens (tertiary/aromatic N) is 1. The van der Waals surface area contributed by atoms with E-state index in [1.807, 2.05) is 0 Å². The van der Waals surface area contributed by atoms with Crippen LogP contribution in [0.3, 0.4) is 0 Å². The first-order chi connectivity index (χ1) is 11.0. The number of nitrogens with one attached hydrogen (secondary N) is 1. The second-order valence-electron chi connectivity index (χ2n) is 5.50. The Morgan fingerprint density at radius 3 is 2.70 bits per heavy atom. The van der Waals surface area contributed by atoms with Crippen molar-refractivity contribution in [2.24, 2.45) is 0 Å². The molecule has 0 saturated carbocycles. The van der Waals surface area contributed by atoms with Crippen LogP contribution in [0.25, 0.3) is 0 Å². The van der Waals surface area contributed by atoms with E-state index in [1.165, 1.54) is 17.0 Å². The number of amides is 1. The summed E-state index contributed by atoms with van der Waals surface area (Å²) in [6.07, 6.45) is -0.334. The predicted octanol–water partition coefficient (Wildman–Crippen LogP) is 2.84. The lowest BCUT2D eigenvalue weighted by atomic mass is 9.86. The van der Waals surface area contributed by atoms with Gasteiger partial charge in [0.1, 0.15) is 5.76 Å². The van der Waals surface area contributed by atoms with Gasteiger partial charge in [-0.25, -0.2) is 13.6 Å².